The van der Waals surface area contributed by atoms with E-state index in [2.05, 4.69) is 21.9 Å². The van der Waals surface area contributed by atoms with Crippen molar-refractivity contribution >= 4 is 23.7 Å². The Hall–Kier alpha value is -4.64. The lowest BCUT2D eigenvalue weighted by molar-refractivity contribution is -0.131. The Morgan fingerprint density at radius 1 is 1.00 bits per heavy atom. The molecule has 8 nitrogen and oxygen atoms in total. The van der Waals surface area contributed by atoms with Crippen molar-refractivity contribution in [1.29, 1.82) is 5.26 Å². The number of anilines is 1. The quantitative estimate of drug-likeness (QED) is 0.288. The topological polar surface area (TPSA) is 113 Å². The molecule has 0 radical (unpaired) electrons. The molecule has 1 unspecified atom stereocenters. The minimum atomic E-state index is -0.939. The molecule has 34 heavy (non-hydrogen) atoms. The second-order valence-electron chi connectivity index (χ2n) is 7.30. The fourth-order valence-corrected chi connectivity index (χ4v) is 2.88. The number of carbonyl (C=O) groups excluding carboxylic acids is 2. The summed E-state index contributed by atoms with van der Waals surface area (Å²) in [6.45, 7) is 1.78. The molecule has 0 bridgehead atoms. The van der Waals surface area contributed by atoms with Gasteiger partial charge in [-0.2, -0.15) is 10.4 Å². The Bertz CT molecular complexity index is 1200. The lowest BCUT2D eigenvalue weighted by Gasteiger charge is -2.11. The Kier molecular flexibility index (Phi) is 8.36. The van der Waals surface area contributed by atoms with E-state index in [1.807, 2.05) is 18.2 Å². The Morgan fingerprint density at radius 2 is 1.68 bits per heavy atom. The summed E-state index contributed by atoms with van der Waals surface area (Å²) in [6.07, 6.45) is 1.47. The number of benzene rings is 3. The van der Waals surface area contributed by atoms with E-state index < -0.39 is 17.7 Å². The lowest BCUT2D eigenvalue weighted by Crippen LogP contribution is -2.34. The summed E-state index contributed by atoms with van der Waals surface area (Å²) in [4.78, 5) is 24.5. The van der Waals surface area contributed by atoms with E-state index in [0.717, 1.165) is 11.1 Å². The van der Waals surface area contributed by atoms with Gasteiger partial charge in [0, 0.05) is 11.3 Å². The minimum Gasteiger partial charge on any atom is -0.497 e. The molecule has 0 aliphatic carbocycles. The molecule has 3 aromatic carbocycles. The van der Waals surface area contributed by atoms with E-state index in [0.29, 0.717) is 22.7 Å². The predicted molar refractivity (Wildman–Crippen MR) is 128 cm³/mol. The van der Waals surface area contributed by atoms with Crippen LogP contribution in [0.3, 0.4) is 0 Å². The predicted octanol–water partition coefficient (Wildman–Crippen LogP) is 3.87. The zero-order valence-electron chi connectivity index (χ0n) is 18.8. The smallest absolute Gasteiger partial charge is 0.252 e. The van der Waals surface area contributed by atoms with Gasteiger partial charge in [0.15, 0.2) is 0 Å². The second kappa shape index (κ2) is 11.8. The Labute approximate surface area is 197 Å². The van der Waals surface area contributed by atoms with Crippen LogP contribution in [0.1, 0.15) is 23.6 Å². The number of amides is 2. The van der Waals surface area contributed by atoms with E-state index in [9.17, 15) is 9.59 Å². The van der Waals surface area contributed by atoms with Crippen molar-refractivity contribution in [1.82, 2.24) is 5.43 Å². The van der Waals surface area contributed by atoms with E-state index in [1.165, 1.54) is 13.1 Å². The number of hydrogen-bond donors (Lipinski definition) is 2. The molecule has 0 aromatic heterocycles. The summed E-state index contributed by atoms with van der Waals surface area (Å²) in [6, 6.07) is 23.3. The molecule has 0 heterocycles. The molecule has 2 N–H and O–H groups in total. The summed E-state index contributed by atoms with van der Waals surface area (Å²) < 4.78 is 10.8. The fourth-order valence-electron chi connectivity index (χ4n) is 2.88. The molecular weight excluding hydrogens is 432 g/mol. The van der Waals surface area contributed by atoms with Crippen molar-refractivity contribution in [3.63, 3.8) is 0 Å². The van der Waals surface area contributed by atoms with Gasteiger partial charge in [-0.05, 0) is 67.1 Å². The maximum Gasteiger partial charge on any atom is 0.252 e. The van der Waals surface area contributed by atoms with E-state index in [4.69, 9.17) is 14.7 Å². The average Bonchev–Trinajstić information content (AvgIpc) is 2.88. The number of ether oxygens (including phenoxy) is 2. The van der Waals surface area contributed by atoms with Crippen LogP contribution in [0.4, 0.5) is 5.69 Å². The van der Waals surface area contributed by atoms with Crippen LogP contribution in [0.2, 0.25) is 0 Å². The van der Waals surface area contributed by atoms with Crippen LogP contribution in [-0.4, -0.2) is 25.1 Å². The number of nitrogens with zero attached hydrogens (tertiary/aromatic N) is 2. The molecule has 0 aliphatic rings. The third-order valence-electron chi connectivity index (χ3n) is 4.94. The van der Waals surface area contributed by atoms with Crippen molar-refractivity contribution in [2.24, 2.45) is 11.0 Å². The highest BCUT2D eigenvalue weighted by atomic mass is 16.5. The number of nitrogens with one attached hydrogen (secondary N) is 2. The van der Waals surface area contributed by atoms with Crippen LogP contribution in [0.5, 0.6) is 11.5 Å². The first-order chi connectivity index (χ1) is 16.5. The Morgan fingerprint density at radius 3 is 2.35 bits per heavy atom. The van der Waals surface area contributed by atoms with Gasteiger partial charge in [-0.3, -0.25) is 9.59 Å². The molecule has 172 valence electrons. The molecule has 0 saturated carbocycles. The van der Waals surface area contributed by atoms with Crippen molar-refractivity contribution in [2.75, 3.05) is 12.4 Å². The maximum atomic E-state index is 12.3. The lowest BCUT2D eigenvalue weighted by atomic mass is 10.1. The number of methoxy groups -OCH3 is 1. The monoisotopic (exact) mass is 456 g/mol. The molecular formula is C26H24N4O4. The van der Waals surface area contributed by atoms with Crippen LogP contribution in [0.25, 0.3) is 0 Å². The van der Waals surface area contributed by atoms with Crippen molar-refractivity contribution in [2.45, 2.75) is 13.5 Å². The van der Waals surface area contributed by atoms with Crippen LogP contribution < -0.4 is 20.2 Å². The fraction of sp³-hybridized carbons (Fsp3) is 0.154. The van der Waals surface area contributed by atoms with Gasteiger partial charge < -0.3 is 14.8 Å². The number of carbonyl (C=O) groups is 2. The van der Waals surface area contributed by atoms with Gasteiger partial charge in [0.05, 0.1) is 25.0 Å². The first-order valence-corrected chi connectivity index (χ1v) is 10.5. The van der Waals surface area contributed by atoms with Gasteiger partial charge in [0.25, 0.3) is 5.91 Å². The van der Waals surface area contributed by atoms with Gasteiger partial charge in [-0.1, -0.05) is 18.2 Å². The third kappa shape index (κ3) is 6.68. The summed E-state index contributed by atoms with van der Waals surface area (Å²) in [5.74, 6) is -0.609. The van der Waals surface area contributed by atoms with Gasteiger partial charge in [0.2, 0.25) is 5.91 Å². The van der Waals surface area contributed by atoms with Gasteiger partial charge in [-0.25, -0.2) is 5.43 Å². The van der Waals surface area contributed by atoms with Crippen molar-refractivity contribution in [3.05, 3.63) is 89.5 Å². The SMILES string of the molecule is COc1ccc(NC(=O)C(C)C(=O)NN=Cc2ccc(OCc3ccccc3C#N)cc2)cc1. The zero-order valence-corrected chi connectivity index (χ0v) is 18.8. The van der Waals surface area contributed by atoms with Crippen LogP contribution in [-0.2, 0) is 16.2 Å². The molecule has 2 amide bonds. The Balaban J connectivity index is 1.47. The van der Waals surface area contributed by atoms with E-state index >= 15 is 0 Å². The third-order valence-corrected chi connectivity index (χ3v) is 4.94. The van der Waals surface area contributed by atoms with E-state index in [1.54, 1.807) is 61.7 Å². The molecule has 0 spiro atoms. The molecule has 1 atom stereocenters. The summed E-state index contributed by atoms with van der Waals surface area (Å²) in [7, 11) is 1.56. The maximum absolute atomic E-state index is 12.3. The van der Waals surface area contributed by atoms with Gasteiger partial charge >= 0.3 is 0 Å². The summed E-state index contributed by atoms with van der Waals surface area (Å²) in [5.41, 5.74) is 5.06. The first-order valence-electron chi connectivity index (χ1n) is 10.5. The van der Waals surface area contributed by atoms with Crippen LogP contribution in [0, 0.1) is 17.2 Å². The summed E-state index contributed by atoms with van der Waals surface area (Å²) >= 11 is 0. The van der Waals surface area contributed by atoms with E-state index in [-0.39, 0.29) is 6.61 Å². The standard InChI is InChI=1S/C26H24N4O4/c1-18(25(31)29-22-9-13-23(33-2)14-10-22)26(32)30-28-16-19-7-11-24(12-8-19)34-17-21-6-4-3-5-20(21)15-27/h3-14,16,18H,17H2,1-2H3,(H,29,31)(H,30,32). The number of hydrogen-bond acceptors (Lipinski definition) is 6. The summed E-state index contributed by atoms with van der Waals surface area (Å²) in [5, 5.41) is 15.7. The van der Waals surface area contributed by atoms with Crippen LogP contribution in [0.15, 0.2) is 77.9 Å². The molecule has 3 aromatic rings. The number of nitriles is 1. The number of rotatable bonds is 9. The molecule has 3 rings (SSSR count). The van der Waals surface area contributed by atoms with Gasteiger partial charge in [0.1, 0.15) is 24.0 Å². The zero-order chi connectivity index (χ0) is 24.3. The number of hydrazone groups is 1. The van der Waals surface area contributed by atoms with Gasteiger partial charge in [-0.15, -0.1) is 0 Å². The highest BCUT2D eigenvalue weighted by Gasteiger charge is 2.21. The molecule has 0 fully saturated rings. The van der Waals surface area contributed by atoms with Crippen LogP contribution >= 0.6 is 0 Å². The molecule has 0 saturated heterocycles. The minimum absolute atomic E-state index is 0.281. The second-order valence-corrected chi connectivity index (χ2v) is 7.30. The van der Waals surface area contributed by atoms with Crippen molar-refractivity contribution < 1.29 is 19.1 Å². The first kappa shape index (κ1) is 24.0. The highest BCUT2D eigenvalue weighted by molar-refractivity contribution is 6.06. The van der Waals surface area contributed by atoms with Crippen molar-refractivity contribution in [3.8, 4) is 17.6 Å². The highest BCUT2D eigenvalue weighted by Crippen LogP contribution is 2.17. The largest absolute Gasteiger partial charge is 0.497 e. The molecule has 8 heteroatoms. The normalized spacial score (nSPS) is 11.3. The molecule has 0 aliphatic heterocycles. The average molecular weight is 457 g/mol.